The lowest BCUT2D eigenvalue weighted by Crippen LogP contribution is -2.54. The van der Waals surface area contributed by atoms with Crippen LogP contribution in [-0.4, -0.2) is 11.6 Å². The molecule has 0 amide bonds. The first-order chi connectivity index (χ1) is 11.3. The molecule has 0 unspecified atom stereocenters. The Morgan fingerprint density at radius 2 is 1.88 bits per heavy atom. The van der Waals surface area contributed by atoms with Crippen LogP contribution in [0.4, 0.5) is 0 Å². The number of carbonyl (C=O) groups is 2. The highest BCUT2D eigenvalue weighted by Gasteiger charge is 2.61. The first-order valence-corrected chi connectivity index (χ1v) is 9.97. The smallest absolute Gasteiger partial charge is 0.133 e. The van der Waals surface area contributed by atoms with Gasteiger partial charge in [0, 0.05) is 18.8 Å². The third-order valence-corrected chi connectivity index (χ3v) is 8.80. The molecule has 4 fully saturated rings. The van der Waals surface area contributed by atoms with Crippen LogP contribution in [0.15, 0.2) is 12.2 Å². The minimum absolute atomic E-state index is 0.137. The second-order valence-electron chi connectivity index (χ2n) is 9.85. The zero-order valence-electron chi connectivity index (χ0n) is 15.6. The summed E-state index contributed by atoms with van der Waals surface area (Å²) in [6.45, 7) is 11.2. The fourth-order valence-corrected chi connectivity index (χ4v) is 7.80. The van der Waals surface area contributed by atoms with Crippen LogP contribution >= 0.6 is 0 Å². The van der Waals surface area contributed by atoms with Crippen LogP contribution in [0.2, 0.25) is 0 Å². The summed E-state index contributed by atoms with van der Waals surface area (Å²) in [7, 11) is 0. The van der Waals surface area contributed by atoms with Crippen LogP contribution in [-0.2, 0) is 9.59 Å². The molecule has 0 heterocycles. The van der Waals surface area contributed by atoms with Gasteiger partial charge in [0.2, 0.25) is 0 Å². The summed E-state index contributed by atoms with van der Waals surface area (Å²) in [6.07, 6.45) is 8.37. The van der Waals surface area contributed by atoms with Crippen LogP contribution in [0.3, 0.4) is 0 Å². The highest BCUT2D eigenvalue weighted by molar-refractivity contribution is 5.80. The van der Waals surface area contributed by atoms with Crippen molar-refractivity contribution in [1.82, 2.24) is 0 Å². The zero-order valence-corrected chi connectivity index (χ0v) is 15.6. The predicted molar refractivity (Wildman–Crippen MR) is 95.4 cm³/mol. The summed E-state index contributed by atoms with van der Waals surface area (Å²) in [4.78, 5) is 24.2. The van der Waals surface area contributed by atoms with Gasteiger partial charge >= 0.3 is 0 Å². The maximum atomic E-state index is 12.2. The molecule has 0 aromatic heterocycles. The third-order valence-electron chi connectivity index (χ3n) is 8.80. The SMILES string of the molecule is C=C1C[C@]2(C)[C@@H](C(C)=O)CC[C@H]2[C@@H]2CC[C@@H]3CC(=O)CC[C@]3(C)[C@@H]12. The van der Waals surface area contributed by atoms with Crippen molar-refractivity contribution in [3.8, 4) is 0 Å². The standard InChI is InChI=1S/C22H32O2/c1-13-12-22(4)18(14(2)23)7-8-19(22)17-6-5-15-11-16(24)9-10-21(15,3)20(13)17/h15,17-20H,1,5-12H2,2-4H3/t15-,17+,18-,19+,20+,21+,22-/m1/s1. The Labute approximate surface area is 146 Å². The first-order valence-electron chi connectivity index (χ1n) is 9.97. The van der Waals surface area contributed by atoms with E-state index in [0.717, 1.165) is 32.1 Å². The third kappa shape index (κ3) is 2.07. The molecule has 4 aliphatic rings. The van der Waals surface area contributed by atoms with Gasteiger partial charge in [-0.2, -0.15) is 0 Å². The molecule has 0 radical (unpaired) electrons. The Kier molecular flexibility index (Phi) is 3.64. The Hall–Kier alpha value is -0.920. The monoisotopic (exact) mass is 328 g/mol. The van der Waals surface area contributed by atoms with Gasteiger partial charge in [-0.15, -0.1) is 0 Å². The molecule has 2 heteroatoms. The molecule has 0 bridgehead atoms. The molecular weight excluding hydrogens is 296 g/mol. The number of carbonyl (C=O) groups excluding carboxylic acids is 2. The molecule has 0 aliphatic heterocycles. The number of rotatable bonds is 1. The highest BCUT2D eigenvalue weighted by atomic mass is 16.1. The van der Waals surface area contributed by atoms with Crippen LogP contribution in [0.25, 0.3) is 0 Å². The number of hydrogen-bond donors (Lipinski definition) is 0. The van der Waals surface area contributed by atoms with Crippen molar-refractivity contribution in [2.24, 2.45) is 40.4 Å². The molecule has 0 N–H and O–H groups in total. The molecule has 0 saturated heterocycles. The number of ketones is 2. The van der Waals surface area contributed by atoms with E-state index in [4.69, 9.17) is 0 Å². The lowest BCUT2D eigenvalue weighted by atomic mass is 9.43. The van der Waals surface area contributed by atoms with Crippen molar-refractivity contribution in [3.63, 3.8) is 0 Å². The van der Waals surface area contributed by atoms with E-state index in [2.05, 4.69) is 20.4 Å². The summed E-state index contributed by atoms with van der Waals surface area (Å²) in [5.41, 5.74) is 1.80. The molecule has 0 aromatic rings. The minimum Gasteiger partial charge on any atom is -0.300 e. The van der Waals surface area contributed by atoms with E-state index in [1.54, 1.807) is 6.92 Å². The van der Waals surface area contributed by atoms with Gasteiger partial charge in [-0.25, -0.2) is 0 Å². The summed E-state index contributed by atoms with van der Waals surface area (Å²) < 4.78 is 0. The Balaban J connectivity index is 1.69. The van der Waals surface area contributed by atoms with Gasteiger partial charge in [0.25, 0.3) is 0 Å². The summed E-state index contributed by atoms with van der Waals surface area (Å²) >= 11 is 0. The molecular formula is C22H32O2. The predicted octanol–water partition coefficient (Wildman–Crippen LogP) is 4.97. The van der Waals surface area contributed by atoms with Crippen molar-refractivity contribution in [3.05, 3.63) is 12.2 Å². The first kappa shape index (κ1) is 16.5. The average molecular weight is 328 g/mol. The second-order valence-corrected chi connectivity index (χ2v) is 9.85. The van der Waals surface area contributed by atoms with E-state index >= 15 is 0 Å². The van der Waals surface area contributed by atoms with Crippen LogP contribution in [0.1, 0.15) is 72.1 Å². The van der Waals surface area contributed by atoms with E-state index in [9.17, 15) is 9.59 Å². The van der Waals surface area contributed by atoms with Gasteiger partial charge in [0.15, 0.2) is 0 Å². The molecule has 7 atom stereocenters. The average Bonchev–Trinajstić information content (AvgIpc) is 2.84. The zero-order chi connectivity index (χ0) is 17.3. The van der Waals surface area contributed by atoms with Gasteiger partial charge in [0.05, 0.1) is 0 Å². The maximum absolute atomic E-state index is 12.2. The molecule has 4 aliphatic carbocycles. The maximum Gasteiger partial charge on any atom is 0.133 e. The molecule has 132 valence electrons. The normalized spacial score (nSPS) is 50.9. The highest BCUT2D eigenvalue weighted by Crippen LogP contribution is 2.68. The van der Waals surface area contributed by atoms with Gasteiger partial charge in [-0.1, -0.05) is 26.0 Å². The van der Waals surface area contributed by atoms with Crippen molar-refractivity contribution >= 4 is 11.6 Å². The number of allylic oxidation sites excluding steroid dienone is 1. The topological polar surface area (TPSA) is 34.1 Å². The van der Waals surface area contributed by atoms with Crippen LogP contribution in [0.5, 0.6) is 0 Å². The number of fused-ring (bicyclic) bond motifs is 5. The fourth-order valence-electron chi connectivity index (χ4n) is 7.80. The number of hydrogen-bond acceptors (Lipinski definition) is 2. The molecule has 2 nitrogen and oxygen atoms in total. The largest absolute Gasteiger partial charge is 0.300 e. The molecule has 0 aromatic carbocycles. The molecule has 24 heavy (non-hydrogen) atoms. The van der Waals surface area contributed by atoms with E-state index in [1.165, 1.54) is 24.8 Å². The molecule has 4 rings (SSSR count). The Morgan fingerprint density at radius 1 is 1.12 bits per heavy atom. The van der Waals surface area contributed by atoms with E-state index < -0.39 is 0 Å². The van der Waals surface area contributed by atoms with Crippen molar-refractivity contribution in [1.29, 1.82) is 0 Å². The number of Topliss-reactive ketones (excluding diaryl/α,β-unsaturated/α-hetero) is 2. The van der Waals surface area contributed by atoms with Crippen LogP contribution < -0.4 is 0 Å². The fraction of sp³-hybridized carbons (Fsp3) is 0.818. The quantitative estimate of drug-likeness (QED) is 0.637. The van der Waals surface area contributed by atoms with Crippen molar-refractivity contribution in [2.75, 3.05) is 0 Å². The summed E-state index contributed by atoms with van der Waals surface area (Å²) in [6, 6.07) is 0. The van der Waals surface area contributed by atoms with Crippen molar-refractivity contribution < 1.29 is 9.59 Å². The van der Waals surface area contributed by atoms with Crippen molar-refractivity contribution in [2.45, 2.75) is 72.1 Å². The summed E-state index contributed by atoms with van der Waals surface area (Å²) in [5.74, 6) is 3.60. The van der Waals surface area contributed by atoms with E-state index in [1.807, 2.05) is 0 Å². The van der Waals surface area contributed by atoms with Gasteiger partial charge in [-0.05, 0) is 80.0 Å². The van der Waals surface area contributed by atoms with Gasteiger partial charge < -0.3 is 0 Å². The van der Waals surface area contributed by atoms with E-state index in [-0.39, 0.29) is 16.7 Å². The Morgan fingerprint density at radius 3 is 2.58 bits per heavy atom. The molecule has 4 saturated carbocycles. The Bertz CT molecular complexity index is 605. The lowest BCUT2D eigenvalue weighted by molar-refractivity contribution is -0.136. The molecule has 0 spiro atoms. The van der Waals surface area contributed by atoms with Gasteiger partial charge in [0.1, 0.15) is 11.6 Å². The van der Waals surface area contributed by atoms with Crippen LogP contribution in [0, 0.1) is 40.4 Å². The second kappa shape index (κ2) is 5.29. The van der Waals surface area contributed by atoms with Gasteiger partial charge in [-0.3, -0.25) is 9.59 Å². The summed E-state index contributed by atoms with van der Waals surface area (Å²) in [5, 5.41) is 0. The minimum atomic E-state index is 0.137. The van der Waals surface area contributed by atoms with E-state index in [0.29, 0.717) is 35.2 Å². The lowest BCUT2D eigenvalue weighted by Gasteiger charge is -2.61.